The van der Waals surface area contributed by atoms with Crippen LogP contribution in [0.15, 0.2) is 59.1 Å². The van der Waals surface area contributed by atoms with Gasteiger partial charge in [0.15, 0.2) is 5.76 Å². The lowest BCUT2D eigenvalue weighted by atomic mass is 10.1. The van der Waals surface area contributed by atoms with Gasteiger partial charge in [-0.2, -0.15) is 0 Å². The fourth-order valence-electron chi connectivity index (χ4n) is 2.77. The molecule has 0 saturated heterocycles. The Morgan fingerprint density at radius 3 is 2.46 bits per heavy atom. The summed E-state index contributed by atoms with van der Waals surface area (Å²) in [6.45, 7) is 4.49. The number of aromatic nitrogens is 1. The van der Waals surface area contributed by atoms with Crippen LogP contribution >= 0.6 is 0 Å². The number of nitrogens with one attached hydrogen (secondary N) is 2. The fraction of sp³-hybridized carbons (Fsp3) is 0.227. The van der Waals surface area contributed by atoms with Gasteiger partial charge in [-0.15, -0.1) is 0 Å². The summed E-state index contributed by atoms with van der Waals surface area (Å²) >= 11 is 0. The molecule has 0 atom stereocenters. The van der Waals surface area contributed by atoms with Gasteiger partial charge in [-0.25, -0.2) is 4.98 Å². The third-order valence-electron chi connectivity index (χ3n) is 4.26. The smallest absolute Gasteiger partial charge is 0.252 e. The summed E-state index contributed by atoms with van der Waals surface area (Å²) in [7, 11) is 0. The predicted molar refractivity (Wildman–Crippen MR) is 108 cm³/mol. The number of benzene rings is 2. The molecule has 0 fully saturated rings. The van der Waals surface area contributed by atoms with E-state index in [4.69, 9.17) is 4.42 Å². The van der Waals surface area contributed by atoms with Gasteiger partial charge in [0.2, 0.25) is 11.8 Å². The third-order valence-corrected chi connectivity index (χ3v) is 4.26. The van der Waals surface area contributed by atoms with E-state index in [2.05, 4.69) is 15.6 Å². The highest BCUT2D eigenvalue weighted by Crippen LogP contribution is 2.28. The Morgan fingerprint density at radius 2 is 1.71 bits per heavy atom. The summed E-state index contributed by atoms with van der Waals surface area (Å²) in [4.78, 5) is 27.8. The fourth-order valence-corrected chi connectivity index (χ4v) is 2.77. The van der Waals surface area contributed by atoms with E-state index in [1.165, 1.54) is 12.5 Å². The van der Waals surface area contributed by atoms with Gasteiger partial charge in [-0.3, -0.25) is 9.59 Å². The Bertz CT molecular complexity index is 961. The number of hydrogen-bond donors (Lipinski definition) is 2. The van der Waals surface area contributed by atoms with Gasteiger partial charge < -0.3 is 15.1 Å². The van der Waals surface area contributed by atoms with E-state index >= 15 is 0 Å². The first-order valence-corrected chi connectivity index (χ1v) is 9.19. The van der Waals surface area contributed by atoms with Gasteiger partial charge in [-0.05, 0) is 25.5 Å². The number of carbonyl (C=O) groups is 2. The monoisotopic (exact) mass is 377 g/mol. The van der Waals surface area contributed by atoms with Crippen molar-refractivity contribution in [1.82, 2.24) is 15.6 Å². The average molecular weight is 377 g/mol. The van der Waals surface area contributed by atoms with Crippen molar-refractivity contribution in [2.24, 2.45) is 0 Å². The maximum Gasteiger partial charge on any atom is 0.252 e. The standard InChI is InChI=1S/C22H23N3O3/c1-15-8-10-17(11-9-15)20-14-25-22(28-20)19-7-4-3-6-18(19)21(27)24-13-5-12-23-16(2)26/h3-4,6-11,14H,5,12-13H2,1-2H3,(H,23,26)(H,24,27). The Balaban J connectivity index is 1.72. The molecule has 0 radical (unpaired) electrons. The van der Waals surface area contributed by atoms with E-state index in [1.807, 2.05) is 43.3 Å². The molecule has 2 amide bonds. The second-order valence-corrected chi connectivity index (χ2v) is 6.53. The molecule has 6 heteroatoms. The molecule has 0 unspecified atom stereocenters. The van der Waals surface area contributed by atoms with Gasteiger partial charge in [0.1, 0.15) is 0 Å². The van der Waals surface area contributed by atoms with Crippen LogP contribution in [0.1, 0.15) is 29.3 Å². The highest BCUT2D eigenvalue weighted by Gasteiger charge is 2.16. The van der Waals surface area contributed by atoms with Crippen molar-refractivity contribution < 1.29 is 14.0 Å². The largest absolute Gasteiger partial charge is 0.436 e. The molecule has 0 saturated carbocycles. The number of nitrogens with zero attached hydrogens (tertiary/aromatic N) is 1. The molecule has 0 aliphatic rings. The topological polar surface area (TPSA) is 84.2 Å². The maximum atomic E-state index is 12.6. The van der Waals surface area contributed by atoms with E-state index in [1.54, 1.807) is 18.3 Å². The highest BCUT2D eigenvalue weighted by atomic mass is 16.4. The van der Waals surface area contributed by atoms with E-state index in [9.17, 15) is 9.59 Å². The van der Waals surface area contributed by atoms with Gasteiger partial charge >= 0.3 is 0 Å². The minimum atomic E-state index is -0.200. The zero-order valence-electron chi connectivity index (χ0n) is 16.0. The van der Waals surface area contributed by atoms with E-state index < -0.39 is 0 Å². The Hall–Kier alpha value is -3.41. The molecule has 144 valence electrons. The number of amides is 2. The summed E-state index contributed by atoms with van der Waals surface area (Å²) in [6, 6.07) is 15.2. The van der Waals surface area contributed by atoms with Crippen molar-refractivity contribution in [2.75, 3.05) is 13.1 Å². The molecule has 6 nitrogen and oxygen atoms in total. The number of hydrogen-bond acceptors (Lipinski definition) is 4. The molecule has 0 aliphatic heterocycles. The van der Waals surface area contributed by atoms with Crippen LogP contribution in [0, 0.1) is 6.92 Å². The molecular weight excluding hydrogens is 354 g/mol. The van der Waals surface area contributed by atoms with Crippen molar-refractivity contribution in [2.45, 2.75) is 20.3 Å². The van der Waals surface area contributed by atoms with Gasteiger partial charge in [-0.1, -0.05) is 42.0 Å². The summed E-state index contributed by atoms with van der Waals surface area (Å²) in [5, 5.41) is 5.57. The average Bonchev–Trinajstić information content (AvgIpc) is 3.18. The van der Waals surface area contributed by atoms with Crippen LogP contribution in [0.4, 0.5) is 0 Å². The molecule has 0 aliphatic carbocycles. The van der Waals surface area contributed by atoms with Crippen molar-refractivity contribution in [3.05, 3.63) is 65.9 Å². The molecule has 2 aromatic carbocycles. The Labute approximate surface area is 164 Å². The normalized spacial score (nSPS) is 10.5. The SMILES string of the molecule is CC(=O)NCCCNC(=O)c1ccccc1-c1ncc(-c2ccc(C)cc2)o1. The van der Waals surface area contributed by atoms with Crippen LogP contribution in [0.2, 0.25) is 0 Å². The summed E-state index contributed by atoms with van der Waals surface area (Å²) in [6.07, 6.45) is 2.33. The minimum Gasteiger partial charge on any atom is -0.436 e. The molecule has 2 N–H and O–H groups in total. The number of aryl methyl sites for hydroxylation is 1. The van der Waals surface area contributed by atoms with E-state index in [-0.39, 0.29) is 11.8 Å². The van der Waals surface area contributed by atoms with Crippen LogP contribution in [0.5, 0.6) is 0 Å². The van der Waals surface area contributed by atoms with Gasteiger partial charge in [0.05, 0.1) is 11.8 Å². The summed E-state index contributed by atoms with van der Waals surface area (Å²) in [5.41, 5.74) is 3.24. The Kier molecular flexibility index (Phi) is 6.22. The van der Waals surface area contributed by atoms with Crippen molar-refractivity contribution in [3.8, 4) is 22.8 Å². The first kappa shape index (κ1) is 19.4. The molecule has 0 bridgehead atoms. The lowest BCUT2D eigenvalue weighted by Crippen LogP contribution is -2.29. The molecule has 28 heavy (non-hydrogen) atoms. The lowest BCUT2D eigenvalue weighted by molar-refractivity contribution is -0.118. The van der Waals surface area contributed by atoms with Crippen molar-refractivity contribution in [3.63, 3.8) is 0 Å². The van der Waals surface area contributed by atoms with Crippen LogP contribution in [0.3, 0.4) is 0 Å². The van der Waals surface area contributed by atoms with Crippen molar-refractivity contribution >= 4 is 11.8 Å². The van der Waals surface area contributed by atoms with Crippen LogP contribution < -0.4 is 10.6 Å². The number of oxazole rings is 1. The maximum absolute atomic E-state index is 12.6. The second kappa shape index (κ2) is 8.99. The number of rotatable bonds is 7. The van der Waals surface area contributed by atoms with Crippen LogP contribution in [-0.2, 0) is 4.79 Å². The molecule has 0 spiro atoms. The van der Waals surface area contributed by atoms with E-state index in [0.29, 0.717) is 42.3 Å². The van der Waals surface area contributed by atoms with E-state index in [0.717, 1.165) is 5.56 Å². The van der Waals surface area contributed by atoms with Crippen molar-refractivity contribution in [1.29, 1.82) is 0 Å². The lowest BCUT2D eigenvalue weighted by Gasteiger charge is -2.08. The Morgan fingerprint density at radius 1 is 1.00 bits per heavy atom. The summed E-state index contributed by atoms with van der Waals surface area (Å²) in [5.74, 6) is 0.776. The van der Waals surface area contributed by atoms with Crippen LogP contribution in [-0.4, -0.2) is 29.9 Å². The molecule has 3 rings (SSSR count). The number of carbonyl (C=O) groups excluding carboxylic acids is 2. The first-order valence-electron chi connectivity index (χ1n) is 9.19. The summed E-state index contributed by atoms with van der Waals surface area (Å²) < 4.78 is 5.92. The van der Waals surface area contributed by atoms with Gasteiger partial charge in [0.25, 0.3) is 5.91 Å². The molecule has 1 aromatic heterocycles. The van der Waals surface area contributed by atoms with Gasteiger partial charge in [0, 0.05) is 31.1 Å². The highest BCUT2D eigenvalue weighted by molar-refractivity contribution is 6.00. The minimum absolute atomic E-state index is 0.0788. The zero-order chi connectivity index (χ0) is 19.9. The first-order chi connectivity index (χ1) is 13.5. The quantitative estimate of drug-likeness (QED) is 0.617. The zero-order valence-corrected chi connectivity index (χ0v) is 16.0. The third kappa shape index (κ3) is 4.85. The molecule has 3 aromatic rings. The molecular formula is C22H23N3O3. The predicted octanol–water partition coefficient (Wildman–Crippen LogP) is 3.57. The van der Waals surface area contributed by atoms with Crippen LogP contribution in [0.25, 0.3) is 22.8 Å². The molecule has 1 heterocycles. The second-order valence-electron chi connectivity index (χ2n) is 6.53.